The van der Waals surface area contributed by atoms with Crippen LogP contribution in [0.4, 0.5) is 4.79 Å². The smallest absolute Gasteiger partial charge is 0.315 e. The first-order valence-corrected chi connectivity index (χ1v) is 8.42. The number of rotatable bonds is 6. The van der Waals surface area contributed by atoms with Gasteiger partial charge >= 0.3 is 6.03 Å². The Morgan fingerprint density at radius 3 is 2.84 bits per heavy atom. The first kappa shape index (κ1) is 18.8. The molecule has 1 aromatic heterocycles. The molecule has 2 rings (SSSR count). The van der Waals surface area contributed by atoms with Crippen LogP contribution >= 0.6 is 0 Å². The molecule has 0 spiro atoms. The SMILES string of the molecule is C#CCNC(=O)CNC(=O)NC[C@H]1CCCN(C)[C@@H]1c1cnn(C)c1. The average molecular weight is 346 g/mol. The summed E-state index contributed by atoms with van der Waals surface area (Å²) in [5.74, 6) is 2.30. The molecule has 0 saturated carbocycles. The quantitative estimate of drug-likeness (QED) is 0.625. The van der Waals surface area contributed by atoms with Gasteiger partial charge in [-0.1, -0.05) is 5.92 Å². The molecule has 0 radical (unpaired) electrons. The zero-order chi connectivity index (χ0) is 18.2. The van der Waals surface area contributed by atoms with Gasteiger partial charge in [-0.15, -0.1) is 6.42 Å². The summed E-state index contributed by atoms with van der Waals surface area (Å²) in [6.07, 6.45) is 11.1. The number of likely N-dealkylation sites (tertiary alicyclic amines) is 1. The molecule has 2 atom stereocenters. The lowest BCUT2D eigenvalue weighted by molar-refractivity contribution is -0.119. The third-order valence-electron chi connectivity index (χ3n) is 4.40. The van der Waals surface area contributed by atoms with Crippen molar-refractivity contribution in [1.29, 1.82) is 0 Å². The average Bonchev–Trinajstić information content (AvgIpc) is 3.02. The zero-order valence-electron chi connectivity index (χ0n) is 14.8. The highest BCUT2D eigenvalue weighted by Crippen LogP contribution is 2.34. The minimum absolute atomic E-state index is 0.0931. The van der Waals surface area contributed by atoms with Gasteiger partial charge in [0.1, 0.15) is 0 Å². The lowest BCUT2D eigenvalue weighted by Gasteiger charge is -2.38. The van der Waals surface area contributed by atoms with Gasteiger partial charge in [-0.3, -0.25) is 14.4 Å². The van der Waals surface area contributed by atoms with Gasteiger partial charge in [0.25, 0.3) is 0 Å². The molecule has 0 aliphatic carbocycles. The van der Waals surface area contributed by atoms with Crippen molar-refractivity contribution in [1.82, 2.24) is 30.6 Å². The summed E-state index contributed by atoms with van der Waals surface area (Å²) in [7, 11) is 4.00. The van der Waals surface area contributed by atoms with E-state index in [4.69, 9.17) is 6.42 Å². The molecular formula is C17H26N6O2. The molecule has 25 heavy (non-hydrogen) atoms. The van der Waals surface area contributed by atoms with Crippen LogP contribution in [-0.2, 0) is 11.8 Å². The predicted molar refractivity (Wildman–Crippen MR) is 94.5 cm³/mol. The Labute approximate surface area is 148 Å². The number of carbonyl (C=O) groups is 2. The minimum Gasteiger partial charge on any atom is -0.344 e. The highest BCUT2D eigenvalue weighted by Gasteiger charge is 2.31. The maximum absolute atomic E-state index is 11.9. The van der Waals surface area contributed by atoms with Crippen LogP contribution in [0.3, 0.4) is 0 Å². The molecule has 2 heterocycles. The first-order valence-electron chi connectivity index (χ1n) is 8.42. The third kappa shape index (κ3) is 5.50. The number of nitrogens with one attached hydrogen (secondary N) is 3. The summed E-state index contributed by atoms with van der Waals surface area (Å²) < 4.78 is 1.80. The van der Waals surface area contributed by atoms with Gasteiger partial charge in [-0.25, -0.2) is 4.79 Å². The van der Waals surface area contributed by atoms with Crippen molar-refractivity contribution in [2.24, 2.45) is 13.0 Å². The van der Waals surface area contributed by atoms with Crippen LogP contribution in [0.25, 0.3) is 0 Å². The van der Waals surface area contributed by atoms with E-state index in [-0.39, 0.29) is 31.1 Å². The van der Waals surface area contributed by atoms with E-state index in [9.17, 15) is 9.59 Å². The van der Waals surface area contributed by atoms with Gasteiger partial charge in [-0.05, 0) is 32.4 Å². The van der Waals surface area contributed by atoms with Gasteiger partial charge in [0, 0.05) is 31.4 Å². The summed E-state index contributed by atoms with van der Waals surface area (Å²) in [4.78, 5) is 25.7. The van der Waals surface area contributed by atoms with Crippen LogP contribution in [0, 0.1) is 18.3 Å². The van der Waals surface area contributed by atoms with Crippen LogP contribution in [0.1, 0.15) is 24.4 Å². The van der Waals surface area contributed by atoms with Crippen LogP contribution in [0.2, 0.25) is 0 Å². The number of aryl methyl sites for hydroxylation is 1. The molecule has 0 unspecified atom stereocenters. The topological polar surface area (TPSA) is 91.3 Å². The van der Waals surface area contributed by atoms with E-state index in [1.54, 1.807) is 4.68 Å². The van der Waals surface area contributed by atoms with E-state index >= 15 is 0 Å². The number of amides is 3. The fourth-order valence-corrected chi connectivity index (χ4v) is 3.25. The number of piperidine rings is 1. The number of nitrogens with zero attached hydrogens (tertiary/aromatic N) is 3. The van der Waals surface area contributed by atoms with Gasteiger partial charge in [0.15, 0.2) is 0 Å². The Morgan fingerprint density at radius 1 is 1.36 bits per heavy atom. The van der Waals surface area contributed by atoms with Gasteiger partial charge in [0.05, 0.1) is 19.3 Å². The second kappa shape index (κ2) is 9.08. The van der Waals surface area contributed by atoms with E-state index < -0.39 is 0 Å². The Kier molecular flexibility index (Phi) is 6.83. The maximum atomic E-state index is 11.9. The highest BCUT2D eigenvalue weighted by molar-refractivity contribution is 5.83. The summed E-state index contributed by atoms with van der Waals surface area (Å²) in [6.45, 7) is 1.63. The number of urea groups is 1. The third-order valence-corrected chi connectivity index (χ3v) is 4.40. The largest absolute Gasteiger partial charge is 0.344 e. The molecular weight excluding hydrogens is 320 g/mol. The monoisotopic (exact) mass is 346 g/mol. The Balaban J connectivity index is 1.84. The van der Waals surface area contributed by atoms with Crippen molar-refractivity contribution in [3.8, 4) is 12.3 Å². The van der Waals surface area contributed by atoms with E-state index in [0.29, 0.717) is 12.5 Å². The molecule has 0 bridgehead atoms. The first-order chi connectivity index (χ1) is 12.0. The van der Waals surface area contributed by atoms with Crippen LogP contribution in [0.15, 0.2) is 12.4 Å². The second-order valence-electron chi connectivity index (χ2n) is 6.32. The number of hydrogen-bond acceptors (Lipinski definition) is 4. The van der Waals surface area contributed by atoms with Crippen molar-refractivity contribution in [3.05, 3.63) is 18.0 Å². The van der Waals surface area contributed by atoms with Crippen molar-refractivity contribution in [2.75, 3.05) is 33.2 Å². The molecule has 1 aromatic rings. The van der Waals surface area contributed by atoms with E-state index in [0.717, 1.165) is 24.9 Å². The number of terminal acetylenes is 1. The Hall–Kier alpha value is -2.53. The summed E-state index contributed by atoms with van der Waals surface area (Å²) in [6, 6.07) is -0.129. The van der Waals surface area contributed by atoms with E-state index in [2.05, 4.69) is 38.9 Å². The number of aromatic nitrogens is 2. The van der Waals surface area contributed by atoms with Crippen molar-refractivity contribution >= 4 is 11.9 Å². The molecule has 1 aliphatic rings. The minimum atomic E-state index is -0.353. The van der Waals surface area contributed by atoms with E-state index in [1.807, 2.05) is 19.4 Å². The summed E-state index contributed by atoms with van der Waals surface area (Å²) in [5, 5.41) is 12.2. The van der Waals surface area contributed by atoms with Crippen molar-refractivity contribution in [2.45, 2.75) is 18.9 Å². The maximum Gasteiger partial charge on any atom is 0.315 e. The van der Waals surface area contributed by atoms with Crippen molar-refractivity contribution in [3.63, 3.8) is 0 Å². The zero-order valence-corrected chi connectivity index (χ0v) is 14.8. The molecule has 1 aliphatic heterocycles. The van der Waals surface area contributed by atoms with Gasteiger partial charge < -0.3 is 16.0 Å². The van der Waals surface area contributed by atoms with Gasteiger partial charge in [-0.2, -0.15) is 5.10 Å². The lowest BCUT2D eigenvalue weighted by Crippen LogP contribution is -2.46. The number of carbonyl (C=O) groups excluding carboxylic acids is 2. The van der Waals surface area contributed by atoms with Crippen LogP contribution in [0.5, 0.6) is 0 Å². The Morgan fingerprint density at radius 2 is 2.16 bits per heavy atom. The lowest BCUT2D eigenvalue weighted by atomic mass is 9.86. The van der Waals surface area contributed by atoms with Gasteiger partial charge in [0.2, 0.25) is 5.91 Å². The summed E-state index contributed by atoms with van der Waals surface area (Å²) >= 11 is 0. The van der Waals surface area contributed by atoms with Crippen LogP contribution < -0.4 is 16.0 Å². The fraction of sp³-hybridized carbons (Fsp3) is 0.588. The standard InChI is InChI=1S/C17H26N6O2/c1-4-7-18-15(24)11-20-17(25)19-9-13-6-5-8-22(2)16(13)14-10-21-23(3)12-14/h1,10,12-13,16H,5-9,11H2,2-3H3,(H,18,24)(H2,19,20,25)/t13-,16+/m1/s1. The number of hydrogen-bond donors (Lipinski definition) is 3. The molecule has 8 nitrogen and oxygen atoms in total. The molecule has 3 N–H and O–H groups in total. The van der Waals surface area contributed by atoms with E-state index in [1.165, 1.54) is 0 Å². The molecule has 3 amide bonds. The second-order valence-corrected chi connectivity index (χ2v) is 6.32. The predicted octanol–water partition coefficient (Wildman–Crippen LogP) is -0.148. The van der Waals surface area contributed by atoms with Crippen molar-refractivity contribution < 1.29 is 9.59 Å². The highest BCUT2D eigenvalue weighted by atomic mass is 16.2. The Bertz CT molecular complexity index is 635. The van der Waals surface area contributed by atoms with Crippen LogP contribution in [-0.4, -0.2) is 59.8 Å². The normalized spacial score (nSPS) is 20.5. The molecule has 8 heteroatoms. The molecule has 1 fully saturated rings. The molecule has 1 saturated heterocycles. The fourth-order valence-electron chi connectivity index (χ4n) is 3.25. The summed E-state index contributed by atoms with van der Waals surface area (Å²) in [5.41, 5.74) is 1.16. The molecule has 0 aromatic carbocycles. The molecule has 136 valence electrons.